The van der Waals surface area contributed by atoms with Crippen molar-refractivity contribution in [3.63, 3.8) is 0 Å². The maximum atomic E-state index is 11.0. The van der Waals surface area contributed by atoms with Crippen molar-refractivity contribution in [2.24, 2.45) is 0 Å². The standard InChI is InChI=1S/C11H19O4/c1-4-6-11(13)14-8-7-10(5-2)15-9(3)12/h10H,2,4-8H2,1,3H3. The van der Waals surface area contributed by atoms with Gasteiger partial charge in [-0.05, 0) is 19.8 Å². The van der Waals surface area contributed by atoms with Gasteiger partial charge in [-0.1, -0.05) is 6.92 Å². The van der Waals surface area contributed by atoms with Gasteiger partial charge in [0.25, 0.3) is 0 Å². The summed E-state index contributed by atoms with van der Waals surface area (Å²) in [5, 5.41) is 0. The third-order valence-electron chi connectivity index (χ3n) is 1.81. The topological polar surface area (TPSA) is 52.6 Å². The molecule has 0 aromatic carbocycles. The van der Waals surface area contributed by atoms with Gasteiger partial charge >= 0.3 is 11.9 Å². The fraction of sp³-hybridized carbons (Fsp3) is 0.727. The van der Waals surface area contributed by atoms with Crippen LogP contribution >= 0.6 is 0 Å². The van der Waals surface area contributed by atoms with E-state index in [1.165, 1.54) is 6.92 Å². The van der Waals surface area contributed by atoms with Gasteiger partial charge in [0.2, 0.25) is 0 Å². The van der Waals surface area contributed by atoms with Gasteiger partial charge < -0.3 is 9.47 Å². The summed E-state index contributed by atoms with van der Waals surface area (Å²) in [5.74, 6) is -0.535. The van der Waals surface area contributed by atoms with Gasteiger partial charge in [0.1, 0.15) is 6.10 Å². The summed E-state index contributed by atoms with van der Waals surface area (Å²) < 4.78 is 9.89. The molecular formula is C11H19O4. The number of rotatable bonds is 7. The molecule has 0 rings (SSSR count). The highest BCUT2D eigenvalue weighted by Gasteiger charge is 2.10. The predicted molar refractivity (Wildman–Crippen MR) is 56.0 cm³/mol. The van der Waals surface area contributed by atoms with E-state index in [-0.39, 0.29) is 24.6 Å². The largest absolute Gasteiger partial charge is 0.466 e. The Morgan fingerprint density at radius 1 is 1.40 bits per heavy atom. The Bertz CT molecular complexity index is 201. The number of ether oxygens (including phenoxy) is 2. The first kappa shape index (κ1) is 13.9. The summed E-state index contributed by atoms with van der Waals surface area (Å²) >= 11 is 0. The zero-order valence-corrected chi connectivity index (χ0v) is 9.45. The van der Waals surface area contributed by atoms with Crippen molar-refractivity contribution in [2.45, 2.75) is 45.6 Å². The van der Waals surface area contributed by atoms with Gasteiger partial charge in [-0.3, -0.25) is 9.59 Å². The van der Waals surface area contributed by atoms with Gasteiger partial charge in [-0.2, -0.15) is 0 Å². The fourth-order valence-electron chi connectivity index (χ4n) is 1.08. The van der Waals surface area contributed by atoms with Crippen LogP contribution in [-0.4, -0.2) is 24.6 Å². The minimum atomic E-state index is -0.330. The van der Waals surface area contributed by atoms with Crippen LogP contribution < -0.4 is 0 Å². The summed E-state index contributed by atoms with van der Waals surface area (Å²) in [6, 6.07) is 0. The Kier molecular flexibility index (Phi) is 7.68. The second kappa shape index (κ2) is 8.26. The van der Waals surface area contributed by atoms with Crippen LogP contribution in [0.4, 0.5) is 0 Å². The van der Waals surface area contributed by atoms with Gasteiger partial charge in [0.05, 0.1) is 6.61 Å². The van der Waals surface area contributed by atoms with E-state index in [0.29, 0.717) is 19.3 Å². The lowest BCUT2D eigenvalue weighted by Gasteiger charge is -2.14. The highest BCUT2D eigenvalue weighted by Crippen LogP contribution is 2.04. The quantitative estimate of drug-likeness (QED) is 0.608. The molecule has 0 N–H and O–H groups in total. The lowest BCUT2D eigenvalue weighted by molar-refractivity contribution is -0.149. The monoisotopic (exact) mass is 215 g/mol. The van der Waals surface area contributed by atoms with Gasteiger partial charge in [-0.25, -0.2) is 0 Å². The number of esters is 2. The van der Waals surface area contributed by atoms with Crippen molar-refractivity contribution in [3.05, 3.63) is 6.92 Å². The molecule has 0 bridgehead atoms. The third-order valence-corrected chi connectivity index (χ3v) is 1.81. The van der Waals surface area contributed by atoms with Crippen LogP contribution in [0.1, 0.15) is 39.5 Å². The summed E-state index contributed by atoms with van der Waals surface area (Å²) in [5.41, 5.74) is 0. The van der Waals surface area contributed by atoms with Crippen LogP contribution in [0.15, 0.2) is 0 Å². The fourth-order valence-corrected chi connectivity index (χ4v) is 1.08. The van der Waals surface area contributed by atoms with E-state index in [1.54, 1.807) is 0 Å². The maximum Gasteiger partial charge on any atom is 0.305 e. The van der Waals surface area contributed by atoms with E-state index < -0.39 is 0 Å². The average molecular weight is 215 g/mol. The van der Waals surface area contributed by atoms with E-state index in [0.717, 1.165) is 6.42 Å². The molecule has 0 fully saturated rings. The van der Waals surface area contributed by atoms with E-state index in [1.807, 2.05) is 6.92 Å². The second-order valence-corrected chi connectivity index (χ2v) is 3.28. The number of hydrogen-bond donors (Lipinski definition) is 0. The predicted octanol–water partition coefficient (Wildman–Crippen LogP) is 1.88. The Balaban J connectivity index is 3.62. The van der Waals surface area contributed by atoms with E-state index in [4.69, 9.17) is 9.47 Å². The molecular weight excluding hydrogens is 196 g/mol. The first-order valence-electron chi connectivity index (χ1n) is 5.22. The maximum absolute atomic E-state index is 11.0. The van der Waals surface area contributed by atoms with Crippen LogP contribution in [0.5, 0.6) is 0 Å². The molecule has 0 aromatic rings. The Hall–Kier alpha value is -1.06. The van der Waals surface area contributed by atoms with Crippen LogP contribution in [0.25, 0.3) is 0 Å². The summed E-state index contributed by atoms with van der Waals surface area (Å²) in [4.78, 5) is 21.6. The minimum Gasteiger partial charge on any atom is -0.466 e. The van der Waals surface area contributed by atoms with E-state index in [9.17, 15) is 9.59 Å². The zero-order valence-electron chi connectivity index (χ0n) is 9.45. The molecule has 0 amide bonds. The lowest BCUT2D eigenvalue weighted by atomic mass is 10.2. The number of carbonyl (C=O) groups excluding carboxylic acids is 2. The van der Waals surface area contributed by atoms with Crippen LogP contribution in [-0.2, 0) is 19.1 Å². The molecule has 0 aromatic heterocycles. The number of carbonyl (C=O) groups is 2. The van der Waals surface area contributed by atoms with Crippen molar-refractivity contribution >= 4 is 11.9 Å². The van der Waals surface area contributed by atoms with Crippen molar-refractivity contribution < 1.29 is 19.1 Å². The summed E-state index contributed by atoms with van der Waals surface area (Å²) in [6.07, 6.45) is 1.96. The Labute approximate surface area is 90.9 Å². The van der Waals surface area contributed by atoms with Gasteiger partial charge in [-0.15, -0.1) is 0 Å². The highest BCUT2D eigenvalue weighted by molar-refractivity contribution is 5.69. The lowest BCUT2D eigenvalue weighted by Crippen LogP contribution is -2.18. The van der Waals surface area contributed by atoms with Crippen molar-refractivity contribution in [1.29, 1.82) is 0 Å². The second-order valence-electron chi connectivity index (χ2n) is 3.28. The molecule has 0 saturated carbocycles. The molecule has 0 aliphatic rings. The van der Waals surface area contributed by atoms with Crippen LogP contribution in [0.2, 0.25) is 0 Å². The molecule has 0 aliphatic carbocycles. The molecule has 4 nitrogen and oxygen atoms in total. The highest BCUT2D eigenvalue weighted by atomic mass is 16.6. The van der Waals surface area contributed by atoms with Crippen molar-refractivity contribution in [3.8, 4) is 0 Å². The van der Waals surface area contributed by atoms with Crippen LogP contribution in [0, 0.1) is 6.92 Å². The zero-order chi connectivity index (χ0) is 11.7. The number of hydrogen-bond acceptors (Lipinski definition) is 4. The van der Waals surface area contributed by atoms with Gasteiger partial charge in [0.15, 0.2) is 0 Å². The third kappa shape index (κ3) is 7.97. The Morgan fingerprint density at radius 3 is 2.53 bits per heavy atom. The van der Waals surface area contributed by atoms with Gasteiger partial charge in [0, 0.05) is 19.8 Å². The molecule has 15 heavy (non-hydrogen) atoms. The molecule has 0 spiro atoms. The normalized spacial score (nSPS) is 11.9. The van der Waals surface area contributed by atoms with Crippen LogP contribution in [0.3, 0.4) is 0 Å². The SMILES string of the molecule is [CH2]CC(CCOC(=O)CCC)OC(C)=O. The minimum absolute atomic E-state index is 0.205. The first-order chi connectivity index (χ1) is 7.10. The molecule has 1 unspecified atom stereocenters. The van der Waals surface area contributed by atoms with Crippen molar-refractivity contribution in [1.82, 2.24) is 0 Å². The van der Waals surface area contributed by atoms with E-state index >= 15 is 0 Å². The molecule has 1 radical (unpaired) electrons. The smallest absolute Gasteiger partial charge is 0.305 e. The average Bonchev–Trinajstić information content (AvgIpc) is 2.16. The van der Waals surface area contributed by atoms with E-state index in [2.05, 4.69) is 6.92 Å². The molecule has 0 saturated heterocycles. The summed E-state index contributed by atoms with van der Waals surface area (Å²) in [7, 11) is 0. The summed E-state index contributed by atoms with van der Waals surface area (Å²) in [6.45, 7) is 7.21. The molecule has 87 valence electrons. The molecule has 4 heteroatoms. The van der Waals surface area contributed by atoms with Crippen molar-refractivity contribution in [2.75, 3.05) is 6.61 Å². The molecule has 0 heterocycles. The molecule has 0 aliphatic heterocycles. The Morgan fingerprint density at radius 2 is 2.07 bits per heavy atom. The first-order valence-corrected chi connectivity index (χ1v) is 5.22. The molecule has 1 atom stereocenters.